The number of halogens is 1. The van der Waals surface area contributed by atoms with Crippen molar-refractivity contribution < 1.29 is 9.53 Å². The topological polar surface area (TPSA) is 50.4 Å². The molecule has 2 fully saturated rings. The summed E-state index contributed by atoms with van der Waals surface area (Å²) in [5.41, 5.74) is 0. The largest absolute Gasteiger partial charge is 0.381 e. The molecule has 0 aromatic heterocycles. The third-order valence-electron chi connectivity index (χ3n) is 3.23. The summed E-state index contributed by atoms with van der Waals surface area (Å²) in [4.78, 5) is 11.6. The van der Waals surface area contributed by atoms with Crippen LogP contribution in [-0.2, 0) is 9.53 Å². The van der Waals surface area contributed by atoms with E-state index in [2.05, 4.69) is 10.6 Å². The highest BCUT2D eigenvalue weighted by Gasteiger charge is 2.19. The van der Waals surface area contributed by atoms with Crippen molar-refractivity contribution >= 4 is 18.3 Å². The van der Waals surface area contributed by atoms with Crippen LogP contribution in [0, 0.1) is 5.92 Å². The van der Waals surface area contributed by atoms with E-state index in [9.17, 15) is 4.79 Å². The van der Waals surface area contributed by atoms with Crippen molar-refractivity contribution in [1.29, 1.82) is 0 Å². The van der Waals surface area contributed by atoms with E-state index in [4.69, 9.17) is 4.74 Å². The molecule has 2 heterocycles. The molecular weight excluding hydrogens is 228 g/mol. The first kappa shape index (κ1) is 13.7. The van der Waals surface area contributed by atoms with E-state index < -0.39 is 0 Å². The summed E-state index contributed by atoms with van der Waals surface area (Å²) < 4.78 is 5.28. The Morgan fingerprint density at radius 1 is 1.44 bits per heavy atom. The molecule has 2 saturated heterocycles. The summed E-state index contributed by atoms with van der Waals surface area (Å²) in [7, 11) is 0. The lowest BCUT2D eigenvalue weighted by molar-refractivity contribution is -0.122. The average Bonchev–Trinajstić information content (AvgIpc) is 2.86. The lowest BCUT2D eigenvalue weighted by atomic mass is 10.0. The first-order valence-corrected chi connectivity index (χ1v) is 5.92. The van der Waals surface area contributed by atoms with Gasteiger partial charge in [0, 0.05) is 32.2 Å². The summed E-state index contributed by atoms with van der Waals surface area (Å²) in [5, 5.41) is 6.30. The molecular formula is C11H21ClN2O2. The summed E-state index contributed by atoms with van der Waals surface area (Å²) >= 11 is 0. The van der Waals surface area contributed by atoms with Gasteiger partial charge in [-0.25, -0.2) is 0 Å². The fourth-order valence-corrected chi connectivity index (χ4v) is 2.22. The predicted molar refractivity (Wildman–Crippen MR) is 64.8 cm³/mol. The van der Waals surface area contributed by atoms with Crippen molar-refractivity contribution in [1.82, 2.24) is 10.6 Å². The number of ether oxygens (including phenoxy) is 1. The standard InChI is InChI=1S/C11H20N2O2.ClH/c14-11(13-10-3-5-12-7-10)2-1-9-4-6-15-8-9;/h9-10,12H,1-8H2,(H,13,14);1H. The highest BCUT2D eigenvalue weighted by molar-refractivity contribution is 5.85. The highest BCUT2D eigenvalue weighted by Crippen LogP contribution is 2.17. The van der Waals surface area contributed by atoms with Crippen LogP contribution >= 0.6 is 12.4 Å². The number of carbonyl (C=O) groups is 1. The second kappa shape index (κ2) is 7.09. The second-order valence-corrected chi connectivity index (χ2v) is 4.53. The van der Waals surface area contributed by atoms with Crippen LogP contribution in [0.4, 0.5) is 0 Å². The fourth-order valence-electron chi connectivity index (χ4n) is 2.22. The quantitative estimate of drug-likeness (QED) is 0.770. The maximum atomic E-state index is 11.6. The van der Waals surface area contributed by atoms with E-state index in [0.717, 1.165) is 45.6 Å². The van der Waals surface area contributed by atoms with Crippen LogP contribution in [0.5, 0.6) is 0 Å². The van der Waals surface area contributed by atoms with Crippen LogP contribution in [0.3, 0.4) is 0 Å². The van der Waals surface area contributed by atoms with Gasteiger partial charge < -0.3 is 15.4 Å². The molecule has 0 radical (unpaired) electrons. The molecule has 2 atom stereocenters. The van der Waals surface area contributed by atoms with Gasteiger partial charge in [0.25, 0.3) is 0 Å². The van der Waals surface area contributed by atoms with Crippen molar-refractivity contribution in [2.75, 3.05) is 26.3 Å². The molecule has 5 heteroatoms. The van der Waals surface area contributed by atoms with Gasteiger partial charge in [-0.3, -0.25) is 4.79 Å². The van der Waals surface area contributed by atoms with Crippen LogP contribution < -0.4 is 10.6 Å². The van der Waals surface area contributed by atoms with E-state index in [1.54, 1.807) is 0 Å². The third-order valence-corrected chi connectivity index (χ3v) is 3.23. The molecule has 4 nitrogen and oxygen atoms in total. The zero-order valence-electron chi connectivity index (χ0n) is 9.54. The molecule has 0 aromatic carbocycles. The third kappa shape index (κ3) is 4.28. The zero-order chi connectivity index (χ0) is 10.5. The minimum atomic E-state index is 0. The van der Waals surface area contributed by atoms with Crippen LogP contribution in [0.15, 0.2) is 0 Å². The van der Waals surface area contributed by atoms with E-state index in [-0.39, 0.29) is 18.3 Å². The maximum Gasteiger partial charge on any atom is 0.220 e. The first-order chi connectivity index (χ1) is 7.34. The Kier molecular flexibility index (Phi) is 6.09. The van der Waals surface area contributed by atoms with Gasteiger partial charge in [0.1, 0.15) is 0 Å². The smallest absolute Gasteiger partial charge is 0.220 e. The number of rotatable bonds is 4. The summed E-state index contributed by atoms with van der Waals surface area (Å²) in [6.07, 6.45) is 3.83. The summed E-state index contributed by atoms with van der Waals surface area (Å²) in [5.74, 6) is 0.813. The molecule has 0 bridgehead atoms. The molecule has 0 saturated carbocycles. The molecule has 0 spiro atoms. The minimum absolute atomic E-state index is 0. The average molecular weight is 249 g/mol. The van der Waals surface area contributed by atoms with Gasteiger partial charge in [0.05, 0.1) is 0 Å². The Morgan fingerprint density at radius 3 is 2.94 bits per heavy atom. The molecule has 1 amide bonds. The number of carbonyl (C=O) groups excluding carboxylic acids is 1. The van der Waals surface area contributed by atoms with Crippen LogP contribution in [0.2, 0.25) is 0 Å². The molecule has 0 aliphatic carbocycles. The Hall–Kier alpha value is -0.320. The van der Waals surface area contributed by atoms with Crippen LogP contribution in [-0.4, -0.2) is 38.3 Å². The zero-order valence-corrected chi connectivity index (χ0v) is 10.4. The van der Waals surface area contributed by atoms with Gasteiger partial charge in [0.2, 0.25) is 5.91 Å². The Morgan fingerprint density at radius 2 is 2.31 bits per heavy atom. The molecule has 94 valence electrons. The molecule has 2 aliphatic rings. The lowest BCUT2D eigenvalue weighted by Gasteiger charge is -2.12. The summed E-state index contributed by atoms with van der Waals surface area (Å²) in [6, 6.07) is 0.359. The van der Waals surface area contributed by atoms with Crippen molar-refractivity contribution in [2.24, 2.45) is 5.92 Å². The molecule has 2 rings (SSSR count). The van der Waals surface area contributed by atoms with E-state index in [0.29, 0.717) is 18.4 Å². The number of hydrogen-bond donors (Lipinski definition) is 2. The van der Waals surface area contributed by atoms with Crippen LogP contribution in [0.25, 0.3) is 0 Å². The second-order valence-electron chi connectivity index (χ2n) is 4.53. The Balaban J connectivity index is 0.00000128. The maximum absolute atomic E-state index is 11.6. The van der Waals surface area contributed by atoms with E-state index >= 15 is 0 Å². The highest BCUT2D eigenvalue weighted by atomic mass is 35.5. The van der Waals surface area contributed by atoms with Gasteiger partial charge in [-0.1, -0.05) is 0 Å². The van der Waals surface area contributed by atoms with Crippen LogP contribution in [0.1, 0.15) is 25.7 Å². The van der Waals surface area contributed by atoms with Crippen molar-refractivity contribution in [2.45, 2.75) is 31.7 Å². The number of hydrogen-bond acceptors (Lipinski definition) is 3. The van der Waals surface area contributed by atoms with E-state index in [1.807, 2.05) is 0 Å². The van der Waals surface area contributed by atoms with Gasteiger partial charge in [-0.05, 0) is 31.7 Å². The van der Waals surface area contributed by atoms with Crippen molar-refractivity contribution in [3.63, 3.8) is 0 Å². The SMILES string of the molecule is Cl.O=C(CCC1CCOC1)NC1CCNC1. The monoisotopic (exact) mass is 248 g/mol. The van der Waals surface area contributed by atoms with Gasteiger partial charge in [-0.2, -0.15) is 0 Å². The molecule has 0 aromatic rings. The van der Waals surface area contributed by atoms with Gasteiger partial charge in [0.15, 0.2) is 0 Å². The first-order valence-electron chi connectivity index (χ1n) is 5.92. The molecule has 2 N–H and O–H groups in total. The fraction of sp³-hybridized carbons (Fsp3) is 0.909. The minimum Gasteiger partial charge on any atom is -0.381 e. The van der Waals surface area contributed by atoms with Crippen molar-refractivity contribution in [3.8, 4) is 0 Å². The van der Waals surface area contributed by atoms with Gasteiger partial charge in [-0.15, -0.1) is 12.4 Å². The molecule has 16 heavy (non-hydrogen) atoms. The number of amides is 1. The lowest BCUT2D eigenvalue weighted by Crippen LogP contribution is -2.36. The normalized spacial score (nSPS) is 28.8. The van der Waals surface area contributed by atoms with Gasteiger partial charge >= 0.3 is 0 Å². The summed E-state index contributed by atoms with van der Waals surface area (Å²) in [6.45, 7) is 3.68. The Labute approximate surface area is 103 Å². The number of nitrogens with one attached hydrogen (secondary N) is 2. The Bertz CT molecular complexity index is 214. The molecule has 2 unspecified atom stereocenters. The predicted octanol–water partition coefficient (Wildman–Crippen LogP) is 0.703. The molecule has 2 aliphatic heterocycles. The van der Waals surface area contributed by atoms with E-state index in [1.165, 1.54) is 0 Å². The van der Waals surface area contributed by atoms with Crippen molar-refractivity contribution in [3.05, 3.63) is 0 Å².